The fraction of sp³-hybridized carbons (Fsp3) is 0.0476. The lowest BCUT2D eigenvalue weighted by Crippen LogP contribution is -2.23. The van der Waals surface area contributed by atoms with Crippen LogP contribution in [0, 0.1) is 0 Å². The Kier molecular flexibility index (Phi) is 5.76. The van der Waals surface area contributed by atoms with Crippen LogP contribution in [0.4, 0.5) is 16.2 Å². The summed E-state index contributed by atoms with van der Waals surface area (Å²) in [7, 11) is 1.50. The van der Waals surface area contributed by atoms with Gasteiger partial charge in [-0.15, -0.1) is 0 Å². The average molecular weight is 374 g/mol. The lowest BCUT2D eigenvalue weighted by molar-refractivity contribution is 0.0950. The van der Waals surface area contributed by atoms with Crippen LogP contribution >= 0.6 is 0 Å². The number of nitrogens with one attached hydrogen (secondary N) is 3. The number of pyridine rings is 1. The van der Waals surface area contributed by atoms with Crippen molar-refractivity contribution in [2.45, 2.75) is 0 Å². The van der Waals surface area contributed by atoms with Gasteiger partial charge in [0.1, 0.15) is 0 Å². The average Bonchev–Trinajstić information content (AvgIpc) is 2.73. The fourth-order valence-electron chi connectivity index (χ4n) is 2.67. The predicted octanol–water partition coefficient (Wildman–Crippen LogP) is 3.32. The summed E-state index contributed by atoms with van der Waals surface area (Å²) >= 11 is 0. The highest BCUT2D eigenvalue weighted by Gasteiger charge is 2.20. The van der Waals surface area contributed by atoms with Gasteiger partial charge < -0.3 is 16.0 Å². The zero-order valence-electron chi connectivity index (χ0n) is 15.1. The summed E-state index contributed by atoms with van der Waals surface area (Å²) < 4.78 is 0. The van der Waals surface area contributed by atoms with Crippen molar-refractivity contribution < 1.29 is 14.4 Å². The number of benzene rings is 2. The number of nitrogens with zero attached hydrogens (tertiary/aromatic N) is 1. The largest absolute Gasteiger partial charge is 0.355 e. The van der Waals surface area contributed by atoms with Crippen molar-refractivity contribution in [1.29, 1.82) is 0 Å². The molecule has 0 saturated heterocycles. The Bertz CT molecular complexity index is 1020. The maximum Gasteiger partial charge on any atom is 0.323 e. The number of hydrogen-bond acceptors (Lipinski definition) is 4. The van der Waals surface area contributed by atoms with Gasteiger partial charge >= 0.3 is 6.03 Å². The lowest BCUT2D eigenvalue weighted by atomic mass is 9.97. The molecule has 0 aliphatic heterocycles. The van der Waals surface area contributed by atoms with Crippen molar-refractivity contribution in [3.05, 3.63) is 89.7 Å². The third kappa shape index (κ3) is 4.21. The van der Waals surface area contributed by atoms with E-state index in [1.807, 2.05) is 0 Å². The lowest BCUT2D eigenvalue weighted by Gasteiger charge is -2.13. The van der Waals surface area contributed by atoms with Crippen LogP contribution in [0.5, 0.6) is 0 Å². The highest BCUT2D eigenvalue weighted by Crippen LogP contribution is 2.22. The molecule has 0 unspecified atom stereocenters. The van der Waals surface area contributed by atoms with Crippen LogP contribution < -0.4 is 16.0 Å². The molecule has 1 heterocycles. The first-order valence-corrected chi connectivity index (χ1v) is 8.53. The van der Waals surface area contributed by atoms with Gasteiger partial charge in [-0.05, 0) is 30.3 Å². The molecule has 7 heteroatoms. The van der Waals surface area contributed by atoms with Crippen molar-refractivity contribution in [3.63, 3.8) is 0 Å². The van der Waals surface area contributed by atoms with Crippen molar-refractivity contribution in [2.75, 3.05) is 17.7 Å². The van der Waals surface area contributed by atoms with Crippen LogP contribution in [0.3, 0.4) is 0 Å². The van der Waals surface area contributed by atoms with Gasteiger partial charge in [0.25, 0.3) is 5.91 Å². The first-order chi connectivity index (χ1) is 13.6. The smallest absolute Gasteiger partial charge is 0.323 e. The molecule has 3 amide bonds. The second-order valence-corrected chi connectivity index (χ2v) is 5.82. The highest BCUT2D eigenvalue weighted by molar-refractivity contribution is 6.18. The molecule has 0 aliphatic carbocycles. The molecule has 0 radical (unpaired) electrons. The van der Waals surface area contributed by atoms with E-state index in [0.29, 0.717) is 11.4 Å². The van der Waals surface area contributed by atoms with E-state index in [2.05, 4.69) is 20.9 Å². The Balaban J connectivity index is 1.87. The van der Waals surface area contributed by atoms with Gasteiger partial charge in [0.05, 0.1) is 23.1 Å². The summed E-state index contributed by atoms with van der Waals surface area (Å²) in [4.78, 5) is 41.4. The molecule has 0 saturated carbocycles. The summed E-state index contributed by atoms with van der Waals surface area (Å²) in [5.41, 5.74) is 1.66. The van der Waals surface area contributed by atoms with Crippen LogP contribution in [-0.2, 0) is 0 Å². The number of aromatic nitrogens is 1. The molecule has 28 heavy (non-hydrogen) atoms. The molecule has 1 aromatic heterocycles. The zero-order valence-corrected chi connectivity index (χ0v) is 15.1. The topological polar surface area (TPSA) is 100 Å². The molecule has 140 valence electrons. The Morgan fingerprint density at radius 1 is 0.786 bits per heavy atom. The number of carbonyl (C=O) groups is 3. The fourth-order valence-corrected chi connectivity index (χ4v) is 2.67. The third-order valence-corrected chi connectivity index (χ3v) is 3.98. The van der Waals surface area contributed by atoms with Crippen LogP contribution in [0.25, 0.3) is 0 Å². The van der Waals surface area contributed by atoms with E-state index in [1.54, 1.807) is 66.9 Å². The van der Waals surface area contributed by atoms with E-state index in [1.165, 1.54) is 13.2 Å². The van der Waals surface area contributed by atoms with Crippen LogP contribution in [0.2, 0.25) is 0 Å². The first kappa shape index (κ1) is 18.8. The van der Waals surface area contributed by atoms with Crippen molar-refractivity contribution in [3.8, 4) is 0 Å². The molecule has 7 nitrogen and oxygen atoms in total. The molecule has 3 rings (SSSR count). The van der Waals surface area contributed by atoms with Gasteiger partial charge in [0.15, 0.2) is 5.78 Å². The minimum Gasteiger partial charge on any atom is -0.355 e. The molecule has 0 bridgehead atoms. The number of anilines is 2. The Labute approximate surface area is 161 Å². The van der Waals surface area contributed by atoms with Gasteiger partial charge in [-0.25, -0.2) is 4.79 Å². The van der Waals surface area contributed by atoms with E-state index in [-0.39, 0.29) is 28.4 Å². The molecule has 0 fully saturated rings. The molecule has 3 aromatic rings. The molecule has 3 N–H and O–H groups in total. The minimum absolute atomic E-state index is 0.253. The summed E-state index contributed by atoms with van der Waals surface area (Å²) in [6.45, 7) is 0. The van der Waals surface area contributed by atoms with E-state index in [0.717, 1.165) is 0 Å². The maximum atomic E-state index is 13.1. The molecule has 0 spiro atoms. The standard InChI is InChI=1S/C21H18N4O3/c1-22-20(27)16-9-3-2-8-15(16)19(26)17-10-4-5-11-18(17)25-21(28)24-14-7-6-12-23-13-14/h2-13H,1H3,(H,22,27)(H2,24,25,28). The van der Waals surface area contributed by atoms with E-state index < -0.39 is 6.03 Å². The van der Waals surface area contributed by atoms with Crippen LogP contribution in [-0.4, -0.2) is 29.8 Å². The molecular weight excluding hydrogens is 356 g/mol. The first-order valence-electron chi connectivity index (χ1n) is 8.53. The number of para-hydroxylation sites is 1. The van der Waals surface area contributed by atoms with Crippen molar-refractivity contribution in [2.24, 2.45) is 0 Å². The number of amides is 3. The van der Waals surface area contributed by atoms with Gasteiger partial charge in [0, 0.05) is 24.4 Å². The highest BCUT2D eigenvalue weighted by atomic mass is 16.2. The molecule has 0 atom stereocenters. The van der Waals surface area contributed by atoms with Gasteiger partial charge in [0.2, 0.25) is 0 Å². The zero-order chi connectivity index (χ0) is 19.9. The number of hydrogen-bond donors (Lipinski definition) is 3. The summed E-state index contributed by atoms with van der Waals surface area (Å²) in [6.07, 6.45) is 3.11. The number of rotatable bonds is 5. The van der Waals surface area contributed by atoms with Crippen molar-refractivity contribution >= 4 is 29.1 Å². The SMILES string of the molecule is CNC(=O)c1ccccc1C(=O)c1ccccc1NC(=O)Nc1cccnc1. The van der Waals surface area contributed by atoms with E-state index >= 15 is 0 Å². The normalized spacial score (nSPS) is 10.0. The monoisotopic (exact) mass is 374 g/mol. The second-order valence-electron chi connectivity index (χ2n) is 5.82. The van der Waals surface area contributed by atoms with Crippen LogP contribution in [0.1, 0.15) is 26.3 Å². The second kappa shape index (κ2) is 8.59. The Morgan fingerprint density at radius 2 is 1.46 bits per heavy atom. The maximum absolute atomic E-state index is 13.1. The van der Waals surface area contributed by atoms with Gasteiger partial charge in [-0.1, -0.05) is 30.3 Å². The third-order valence-electron chi connectivity index (χ3n) is 3.98. The molecule has 0 aliphatic rings. The number of carbonyl (C=O) groups excluding carboxylic acids is 3. The molecule has 2 aromatic carbocycles. The van der Waals surface area contributed by atoms with Gasteiger partial charge in [-0.2, -0.15) is 0 Å². The predicted molar refractivity (Wildman–Crippen MR) is 107 cm³/mol. The van der Waals surface area contributed by atoms with Crippen LogP contribution in [0.15, 0.2) is 73.1 Å². The quantitative estimate of drug-likeness (QED) is 0.597. The minimum atomic E-state index is -0.507. The number of ketones is 1. The number of urea groups is 1. The van der Waals surface area contributed by atoms with E-state index in [9.17, 15) is 14.4 Å². The summed E-state index contributed by atoms with van der Waals surface area (Å²) in [5.74, 6) is -0.722. The van der Waals surface area contributed by atoms with Crippen molar-refractivity contribution in [1.82, 2.24) is 10.3 Å². The Morgan fingerprint density at radius 3 is 2.14 bits per heavy atom. The molecular formula is C21H18N4O3. The summed E-state index contributed by atoms with van der Waals surface area (Å²) in [5, 5.41) is 7.85. The Hall–Kier alpha value is -4.00. The van der Waals surface area contributed by atoms with Gasteiger partial charge in [-0.3, -0.25) is 14.6 Å². The van der Waals surface area contributed by atoms with E-state index in [4.69, 9.17) is 0 Å². The summed E-state index contributed by atoms with van der Waals surface area (Å²) in [6, 6.07) is 16.1.